The number of H-pyrrole nitrogens is 1. The average molecular weight is 376 g/mol. The Kier molecular flexibility index (Phi) is 5.62. The quantitative estimate of drug-likeness (QED) is 0.325. The summed E-state index contributed by atoms with van der Waals surface area (Å²) < 4.78 is 5.32. The van der Waals surface area contributed by atoms with Crippen molar-refractivity contribution in [3.8, 4) is 6.07 Å². The van der Waals surface area contributed by atoms with E-state index in [2.05, 4.69) is 15.3 Å². The number of carbonyl (C=O) groups is 1. The third kappa shape index (κ3) is 3.75. The number of hydrogen-bond acceptors (Lipinski definition) is 4. The smallest absolute Gasteiger partial charge is 0.311 e. The molecule has 1 aromatic heterocycles. The number of nitrogens with one attached hydrogen (secondary N) is 3. The van der Waals surface area contributed by atoms with E-state index in [1.807, 2.05) is 13.0 Å². The van der Waals surface area contributed by atoms with Crippen LogP contribution in [0.1, 0.15) is 44.0 Å². The minimum atomic E-state index is -0.366. The normalized spacial score (nSPS) is 27.7. The molecule has 3 fully saturated rings. The van der Waals surface area contributed by atoms with E-state index in [-0.39, 0.29) is 23.2 Å². The van der Waals surface area contributed by atoms with E-state index in [9.17, 15) is 4.79 Å². The van der Waals surface area contributed by atoms with Gasteiger partial charge in [0.25, 0.3) is 0 Å². The maximum atomic E-state index is 12.6. The summed E-state index contributed by atoms with van der Waals surface area (Å²) >= 11 is 5.69. The Morgan fingerprint density at radius 3 is 2.69 bits per heavy atom. The Labute approximate surface area is 157 Å². The van der Waals surface area contributed by atoms with Crippen LogP contribution in [0, 0.1) is 34.5 Å². The number of halogens is 1. The fourth-order valence-electron chi connectivity index (χ4n) is 4.26. The van der Waals surface area contributed by atoms with Crippen LogP contribution in [0.3, 0.4) is 0 Å². The predicted molar refractivity (Wildman–Crippen MR) is 98.1 cm³/mol. The number of nitriles is 1. The standard InChI is InChI=1S/C18H22ClN5O2/c1-2-26-17(25)14-10-3-5-11(6-4-10)15(14)23-16(24-18(19)21)13-8-7-12(9-20)22-13/h7-8,10-11,14-15,22H,2-6H2,1H3,(H2,21,23,24)/t10?,11?,14-,15-/m0/s1. The Bertz CT molecular complexity index is 758. The van der Waals surface area contributed by atoms with Gasteiger partial charge in [0.1, 0.15) is 11.8 Å². The van der Waals surface area contributed by atoms with Crippen molar-refractivity contribution in [2.75, 3.05) is 6.61 Å². The van der Waals surface area contributed by atoms with Gasteiger partial charge in [-0.05, 0) is 68.2 Å². The summed E-state index contributed by atoms with van der Waals surface area (Å²) in [5.74, 6) is 0.603. The molecule has 2 bridgehead atoms. The Balaban J connectivity index is 1.89. The van der Waals surface area contributed by atoms with Gasteiger partial charge in [-0.3, -0.25) is 10.2 Å². The number of fused-ring (bicyclic) bond motifs is 3. The topological polar surface area (TPSA) is 114 Å². The van der Waals surface area contributed by atoms with Crippen LogP contribution in [0.15, 0.2) is 17.1 Å². The van der Waals surface area contributed by atoms with Crippen LogP contribution < -0.4 is 5.32 Å². The Morgan fingerprint density at radius 1 is 1.42 bits per heavy atom. The SMILES string of the molecule is CCOC(=O)[C@H]1C2CCC(CC2)[C@@H]1N/C(=N/C(=N)Cl)c1ccc(C#N)[nH]1. The Hall–Kier alpha value is -2.33. The van der Waals surface area contributed by atoms with Crippen LogP contribution in [0.2, 0.25) is 0 Å². The van der Waals surface area contributed by atoms with Gasteiger partial charge in [-0.15, -0.1) is 0 Å². The van der Waals surface area contributed by atoms with Gasteiger partial charge < -0.3 is 15.0 Å². The molecule has 3 aliphatic rings. The molecule has 2 atom stereocenters. The molecule has 0 aromatic carbocycles. The number of esters is 1. The van der Waals surface area contributed by atoms with Crippen LogP contribution >= 0.6 is 11.6 Å². The van der Waals surface area contributed by atoms with E-state index >= 15 is 0 Å². The van der Waals surface area contributed by atoms with Gasteiger partial charge in [-0.1, -0.05) is 0 Å². The summed E-state index contributed by atoms with van der Waals surface area (Å²) in [6.07, 6.45) is 4.17. The van der Waals surface area contributed by atoms with E-state index in [1.54, 1.807) is 12.1 Å². The second-order valence-electron chi connectivity index (χ2n) is 6.77. The molecule has 4 rings (SSSR count). The fraction of sp³-hybridized carbons (Fsp3) is 0.556. The zero-order valence-corrected chi connectivity index (χ0v) is 15.3. The van der Waals surface area contributed by atoms with Gasteiger partial charge in [0.05, 0.1) is 18.2 Å². The zero-order valence-electron chi connectivity index (χ0n) is 14.6. The van der Waals surface area contributed by atoms with Crippen molar-refractivity contribution in [2.24, 2.45) is 22.7 Å². The van der Waals surface area contributed by atoms with Crippen molar-refractivity contribution in [1.29, 1.82) is 10.7 Å². The molecule has 26 heavy (non-hydrogen) atoms. The van der Waals surface area contributed by atoms with Crippen molar-refractivity contribution >= 4 is 28.7 Å². The Morgan fingerprint density at radius 2 is 2.12 bits per heavy atom. The summed E-state index contributed by atoms with van der Waals surface area (Å²) in [5.41, 5.74) is 0.957. The highest BCUT2D eigenvalue weighted by atomic mass is 35.5. The molecular formula is C18H22ClN5O2. The summed E-state index contributed by atoms with van der Waals surface area (Å²) in [7, 11) is 0. The van der Waals surface area contributed by atoms with E-state index in [1.165, 1.54) is 0 Å². The first-order valence-corrected chi connectivity index (χ1v) is 9.26. The van der Waals surface area contributed by atoms with E-state index in [0.717, 1.165) is 25.7 Å². The summed E-state index contributed by atoms with van der Waals surface area (Å²) in [6.45, 7) is 2.17. The van der Waals surface area contributed by atoms with Crippen molar-refractivity contribution in [2.45, 2.75) is 38.6 Å². The zero-order chi connectivity index (χ0) is 18.7. The molecule has 3 aliphatic carbocycles. The highest BCUT2D eigenvalue weighted by Crippen LogP contribution is 2.45. The van der Waals surface area contributed by atoms with Crippen LogP contribution in [0.25, 0.3) is 0 Å². The number of aromatic nitrogens is 1. The number of nitrogens with zero attached hydrogens (tertiary/aromatic N) is 2. The second kappa shape index (κ2) is 7.92. The first kappa shape index (κ1) is 18.5. The molecule has 0 amide bonds. The molecule has 0 radical (unpaired) electrons. The number of rotatable bonds is 4. The van der Waals surface area contributed by atoms with Gasteiger partial charge in [0, 0.05) is 6.04 Å². The number of aliphatic imine (C=N–C) groups is 1. The van der Waals surface area contributed by atoms with Crippen LogP contribution in [-0.2, 0) is 9.53 Å². The molecular weight excluding hydrogens is 354 g/mol. The number of amidine groups is 2. The van der Waals surface area contributed by atoms with Crippen molar-refractivity contribution in [1.82, 2.24) is 10.3 Å². The minimum absolute atomic E-state index is 0.120. The number of ether oxygens (including phenoxy) is 1. The lowest BCUT2D eigenvalue weighted by molar-refractivity contribution is -0.155. The van der Waals surface area contributed by atoms with Gasteiger partial charge in [-0.25, -0.2) is 0 Å². The van der Waals surface area contributed by atoms with Crippen LogP contribution in [0.5, 0.6) is 0 Å². The van der Waals surface area contributed by atoms with Crippen LogP contribution in [0.4, 0.5) is 0 Å². The van der Waals surface area contributed by atoms with Gasteiger partial charge in [0.15, 0.2) is 5.84 Å². The second-order valence-corrected chi connectivity index (χ2v) is 7.13. The third-order valence-electron chi connectivity index (χ3n) is 5.35. The highest BCUT2D eigenvalue weighted by molar-refractivity contribution is 6.64. The van der Waals surface area contributed by atoms with Crippen LogP contribution in [-0.4, -0.2) is 34.7 Å². The monoisotopic (exact) mass is 375 g/mol. The third-order valence-corrected chi connectivity index (χ3v) is 5.44. The summed E-state index contributed by atoms with van der Waals surface area (Å²) in [5, 5.41) is 19.5. The first-order chi connectivity index (χ1) is 12.5. The predicted octanol–water partition coefficient (Wildman–Crippen LogP) is 2.76. The molecule has 0 spiro atoms. The largest absolute Gasteiger partial charge is 0.466 e. The molecule has 1 heterocycles. The molecule has 0 unspecified atom stereocenters. The molecule has 1 aromatic rings. The molecule has 0 saturated heterocycles. The fourth-order valence-corrected chi connectivity index (χ4v) is 4.34. The highest BCUT2D eigenvalue weighted by Gasteiger charge is 2.48. The van der Waals surface area contributed by atoms with Crippen molar-refractivity contribution < 1.29 is 9.53 Å². The van der Waals surface area contributed by atoms with E-state index in [0.29, 0.717) is 35.7 Å². The van der Waals surface area contributed by atoms with Crippen molar-refractivity contribution in [3.63, 3.8) is 0 Å². The average Bonchev–Trinajstić information content (AvgIpc) is 3.11. The molecule has 8 heteroatoms. The molecule has 138 valence electrons. The van der Waals surface area contributed by atoms with E-state index in [4.69, 9.17) is 27.0 Å². The van der Waals surface area contributed by atoms with Gasteiger partial charge in [-0.2, -0.15) is 10.3 Å². The lowest BCUT2D eigenvalue weighted by atomic mass is 9.61. The lowest BCUT2D eigenvalue weighted by Gasteiger charge is -2.47. The summed E-state index contributed by atoms with van der Waals surface area (Å²) in [4.78, 5) is 19.6. The number of carbonyl (C=O) groups excluding carboxylic acids is 1. The number of aromatic amines is 1. The molecule has 3 N–H and O–H groups in total. The maximum Gasteiger partial charge on any atom is 0.311 e. The number of hydrogen-bond donors (Lipinski definition) is 3. The summed E-state index contributed by atoms with van der Waals surface area (Å²) in [6, 6.07) is 5.26. The van der Waals surface area contributed by atoms with Gasteiger partial charge in [0.2, 0.25) is 5.29 Å². The maximum absolute atomic E-state index is 12.6. The van der Waals surface area contributed by atoms with Gasteiger partial charge >= 0.3 is 5.97 Å². The lowest BCUT2D eigenvalue weighted by Crippen LogP contribution is -2.56. The first-order valence-electron chi connectivity index (χ1n) is 8.88. The molecule has 0 aliphatic heterocycles. The minimum Gasteiger partial charge on any atom is -0.466 e. The van der Waals surface area contributed by atoms with Crippen molar-refractivity contribution in [3.05, 3.63) is 23.5 Å². The molecule has 7 nitrogen and oxygen atoms in total. The molecule has 3 saturated carbocycles. The van der Waals surface area contributed by atoms with E-state index < -0.39 is 0 Å².